The number of hydrogen-bond donors (Lipinski definition) is 0. The molecule has 0 aliphatic carbocycles. The fourth-order valence-corrected chi connectivity index (χ4v) is 2.10. The largest absolute Gasteiger partial charge is 0.491 e. The first-order chi connectivity index (χ1) is 10.1. The normalized spacial score (nSPS) is 10.4. The van der Waals surface area contributed by atoms with E-state index in [1.54, 1.807) is 18.7 Å². The van der Waals surface area contributed by atoms with Crippen LogP contribution < -0.4 is 4.74 Å². The molecule has 110 valence electrons. The molecule has 2 rings (SSSR count). The van der Waals surface area contributed by atoms with E-state index in [9.17, 15) is 4.79 Å². The van der Waals surface area contributed by atoms with E-state index in [1.807, 2.05) is 6.92 Å². The van der Waals surface area contributed by atoms with Gasteiger partial charge in [0.25, 0.3) is 0 Å². The van der Waals surface area contributed by atoms with Gasteiger partial charge in [-0.05, 0) is 13.8 Å². The van der Waals surface area contributed by atoms with Crippen molar-refractivity contribution in [3.8, 4) is 18.1 Å². The van der Waals surface area contributed by atoms with Crippen molar-refractivity contribution in [1.82, 2.24) is 14.8 Å². The van der Waals surface area contributed by atoms with Crippen LogP contribution in [-0.2, 0) is 11.8 Å². The first-order valence-electron chi connectivity index (χ1n) is 6.65. The van der Waals surface area contributed by atoms with E-state index in [0.29, 0.717) is 29.8 Å². The molecule has 0 aliphatic heterocycles. The Bertz CT molecular complexity index is 713. The van der Waals surface area contributed by atoms with Gasteiger partial charge in [0.15, 0.2) is 5.65 Å². The summed E-state index contributed by atoms with van der Waals surface area (Å²) in [5.41, 5.74) is 1.68. The van der Waals surface area contributed by atoms with Gasteiger partial charge in [0, 0.05) is 19.7 Å². The molecule has 6 nitrogen and oxygen atoms in total. The molecule has 21 heavy (non-hydrogen) atoms. The van der Waals surface area contributed by atoms with Crippen LogP contribution in [0.3, 0.4) is 0 Å². The number of ether oxygens (including phenoxy) is 2. The van der Waals surface area contributed by atoms with Gasteiger partial charge in [0.2, 0.25) is 0 Å². The molecule has 0 radical (unpaired) electrons. The van der Waals surface area contributed by atoms with Gasteiger partial charge < -0.3 is 9.47 Å². The van der Waals surface area contributed by atoms with Gasteiger partial charge in [-0.2, -0.15) is 5.10 Å². The number of carbonyl (C=O) groups excluding carboxylic acids is 1. The van der Waals surface area contributed by atoms with E-state index in [1.165, 1.54) is 6.20 Å². The zero-order valence-electron chi connectivity index (χ0n) is 12.3. The van der Waals surface area contributed by atoms with E-state index in [4.69, 9.17) is 15.9 Å². The zero-order valence-corrected chi connectivity index (χ0v) is 12.3. The standard InChI is InChI=1S/C15H17N3O3/c1-5-7-8-21-13-11(15(19)20-6-2)9-16-14-12(13)10(3)17-18(14)4/h1,9H,6-8H2,2-4H3. The second kappa shape index (κ2) is 6.27. The third-order valence-electron chi connectivity index (χ3n) is 2.97. The molecule has 0 spiro atoms. The summed E-state index contributed by atoms with van der Waals surface area (Å²) >= 11 is 0. The quantitative estimate of drug-likeness (QED) is 0.477. The van der Waals surface area contributed by atoms with E-state index >= 15 is 0 Å². The van der Waals surface area contributed by atoms with Crippen LogP contribution in [0.4, 0.5) is 0 Å². The smallest absolute Gasteiger partial charge is 0.343 e. The average molecular weight is 287 g/mol. The molecule has 0 fully saturated rings. The third kappa shape index (κ3) is 2.82. The van der Waals surface area contributed by atoms with Crippen LogP contribution in [0.15, 0.2) is 6.20 Å². The fraction of sp³-hybridized carbons (Fsp3) is 0.400. The molecule has 0 unspecified atom stereocenters. The highest BCUT2D eigenvalue weighted by atomic mass is 16.5. The number of carbonyl (C=O) groups is 1. The molecule has 2 aromatic rings. The predicted molar refractivity (Wildman–Crippen MR) is 78.1 cm³/mol. The fourth-order valence-electron chi connectivity index (χ4n) is 2.10. The molecule has 2 heterocycles. The highest BCUT2D eigenvalue weighted by Gasteiger charge is 2.21. The van der Waals surface area contributed by atoms with Crippen molar-refractivity contribution >= 4 is 17.0 Å². The summed E-state index contributed by atoms with van der Waals surface area (Å²) in [6.45, 7) is 4.19. The first kappa shape index (κ1) is 14.9. The summed E-state index contributed by atoms with van der Waals surface area (Å²) in [5, 5.41) is 5.02. The Labute approximate surface area is 123 Å². The van der Waals surface area contributed by atoms with E-state index in [2.05, 4.69) is 16.0 Å². The summed E-state index contributed by atoms with van der Waals surface area (Å²) in [6.07, 6.45) is 7.14. The number of aromatic nitrogens is 3. The van der Waals surface area contributed by atoms with Crippen LogP contribution in [0.2, 0.25) is 0 Å². The van der Waals surface area contributed by atoms with Crippen LogP contribution >= 0.6 is 0 Å². The molecular weight excluding hydrogens is 270 g/mol. The van der Waals surface area contributed by atoms with Crippen LogP contribution in [0.1, 0.15) is 29.4 Å². The highest BCUT2D eigenvalue weighted by Crippen LogP contribution is 2.31. The molecular formula is C15H17N3O3. The lowest BCUT2D eigenvalue weighted by atomic mass is 10.1. The number of hydrogen-bond acceptors (Lipinski definition) is 5. The summed E-state index contributed by atoms with van der Waals surface area (Å²) in [5.74, 6) is 2.47. The van der Waals surface area contributed by atoms with Crippen LogP contribution in [0.5, 0.6) is 5.75 Å². The SMILES string of the molecule is C#CCCOc1c(C(=O)OCC)cnc2c1c(C)nn2C. The third-order valence-corrected chi connectivity index (χ3v) is 2.97. The van der Waals surface area contributed by atoms with Crippen LogP contribution in [0, 0.1) is 19.3 Å². The van der Waals surface area contributed by atoms with Crippen molar-refractivity contribution < 1.29 is 14.3 Å². The lowest BCUT2D eigenvalue weighted by Gasteiger charge is -2.11. The maximum atomic E-state index is 12.1. The van der Waals surface area contributed by atoms with Gasteiger partial charge in [-0.15, -0.1) is 12.3 Å². The minimum absolute atomic E-state index is 0.284. The zero-order chi connectivity index (χ0) is 15.4. The summed E-state index contributed by atoms with van der Waals surface area (Å²) in [6, 6.07) is 0. The number of esters is 1. The van der Waals surface area contributed by atoms with Gasteiger partial charge in [-0.25, -0.2) is 9.78 Å². The molecule has 0 aromatic carbocycles. The second-order valence-electron chi connectivity index (χ2n) is 4.43. The van der Waals surface area contributed by atoms with Crippen LogP contribution in [-0.4, -0.2) is 33.9 Å². The lowest BCUT2D eigenvalue weighted by Crippen LogP contribution is -2.10. The molecule has 2 aromatic heterocycles. The number of rotatable bonds is 5. The maximum Gasteiger partial charge on any atom is 0.343 e. The number of fused-ring (bicyclic) bond motifs is 1. The molecule has 0 atom stereocenters. The Balaban J connectivity index is 2.57. The molecule has 0 bridgehead atoms. The Morgan fingerprint density at radius 2 is 2.29 bits per heavy atom. The minimum atomic E-state index is -0.467. The van der Waals surface area contributed by atoms with E-state index in [0.717, 1.165) is 5.69 Å². The van der Waals surface area contributed by atoms with E-state index in [-0.39, 0.29) is 12.2 Å². The van der Waals surface area contributed by atoms with Gasteiger partial charge in [-0.1, -0.05) is 0 Å². The minimum Gasteiger partial charge on any atom is -0.491 e. The van der Waals surface area contributed by atoms with Crippen molar-refractivity contribution in [2.75, 3.05) is 13.2 Å². The number of terminal acetylenes is 1. The molecule has 0 saturated heterocycles. The van der Waals surface area contributed by atoms with Gasteiger partial charge >= 0.3 is 5.97 Å². The maximum absolute atomic E-state index is 12.1. The molecule has 0 aliphatic rings. The first-order valence-corrected chi connectivity index (χ1v) is 6.65. The molecule has 0 N–H and O–H groups in total. The van der Waals surface area contributed by atoms with Crippen molar-refractivity contribution in [1.29, 1.82) is 0 Å². The second-order valence-corrected chi connectivity index (χ2v) is 4.43. The topological polar surface area (TPSA) is 66.2 Å². The van der Waals surface area contributed by atoms with Gasteiger partial charge in [0.1, 0.15) is 11.3 Å². The number of pyridine rings is 1. The van der Waals surface area contributed by atoms with Crippen molar-refractivity contribution in [2.24, 2.45) is 7.05 Å². The van der Waals surface area contributed by atoms with Crippen molar-refractivity contribution in [3.05, 3.63) is 17.5 Å². The Morgan fingerprint density at radius 3 is 2.95 bits per heavy atom. The Kier molecular flexibility index (Phi) is 4.43. The molecule has 0 saturated carbocycles. The van der Waals surface area contributed by atoms with Gasteiger partial charge in [-0.3, -0.25) is 4.68 Å². The summed E-state index contributed by atoms with van der Waals surface area (Å²) < 4.78 is 12.4. The monoisotopic (exact) mass is 287 g/mol. The Hall–Kier alpha value is -2.55. The lowest BCUT2D eigenvalue weighted by molar-refractivity contribution is 0.0521. The summed E-state index contributed by atoms with van der Waals surface area (Å²) in [4.78, 5) is 16.3. The van der Waals surface area contributed by atoms with Gasteiger partial charge in [0.05, 0.1) is 24.3 Å². The Morgan fingerprint density at radius 1 is 1.52 bits per heavy atom. The molecule has 0 amide bonds. The highest BCUT2D eigenvalue weighted by molar-refractivity contribution is 5.99. The molecule has 6 heteroatoms. The van der Waals surface area contributed by atoms with Crippen LogP contribution in [0.25, 0.3) is 11.0 Å². The van der Waals surface area contributed by atoms with E-state index < -0.39 is 5.97 Å². The predicted octanol–water partition coefficient (Wildman–Crippen LogP) is 1.86. The van der Waals surface area contributed by atoms with Crippen molar-refractivity contribution in [3.63, 3.8) is 0 Å². The summed E-state index contributed by atoms with van der Waals surface area (Å²) in [7, 11) is 1.79. The average Bonchev–Trinajstić information content (AvgIpc) is 2.75. The number of aryl methyl sites for hydroxylation is 2. The van der Waals surface area contributed by atoms with Crippen molar-refractivity contribution in [2.45, 2.75) is 20.3 Å². The number of nitrogens with zero attached hydrogens (tertiary/aromatic N) is 3.